The number of aryl methyl sites for hydroxylation is 1. The zero-order chi connectivity index (χ0) is 13.9. The van der Waals surface area contributed by atoms with Crippen LogP contribution < -0.4 is 5.32 Å². The number of nitrogens with one attached hydrogen (secondary N) is 1. The smallest absolute Gasteiger partial charge is 0.0932 e. The number of methoxy groups -OCH3 is 1. The molecule has 0 spiro atoms. The first-order valence-corrected chi connectivity index (χ1v) is 7.07. The molecule has 2 rings (SSSR count). The third-order valence-electron chi connectivity index (χ3n) is 3.97. The fourth-order valence-electron chi connectivity index (χ4n) is 2.89. The van der Waals surface area contributed by atoms with E-state index in [2.05, 4.69) is 17.3 Å². The van der Waals surface area contributed by atoms with Crippen LogP contribution in [0, 0.1) is 0 Å². The lowest BCUT2D eigenvalue weighted by Crippen LogP contribution is -2.49. The first-order chi connectivity index (χ1) is 9.18. The first kappa shape index (κ1) is 14.8. The Bertz CT molecular complexity index is 416. The van der Waals surface area contributed by atoms with Crippen LogP contribution in [0.5, 0.6) is 0 Å². The van der Waals surface area contributed by atoms with Crippen LogP contribution in [0.1, 0.15) is 31.5 Å². The summed E-state index contributed by atoms with van der Waals surface area (Å²) in [6, 6.07) is 0.0105. The molecule has 0 bridgehead atoms. The van der Waals surface area contributed by atoms with Crippen molar-refractivity contribution in [3.8, 4) is 0 Å². The Balaban J connectivity index is 2.39. The number of hydrogen-bond donors (Lipinski definition) is 1. The molecule has 1 aromatic rings. The van der Waals surface area contributed by atoms with Gasteiger partial charge in [0.1, 0.15) is 0 Å². The minimum Gasteiger partial charge on any atom is -0.381 e. The van der Waals surface area contributed by atoms with E-state index in [4.69, 9.17) is 21.1 Å². The van der Waals surface area contributed by atoms with Gasteiger partial charge in [0.15, 0.2) is 0 Å². The molecular weight excluding hydrogens is 266 g/mol. The van der Waals surface area contributed by atoms with Gasteiger partial charge in [-0.05, 0) is 14.0 Å². The summed E-state index contributed by atoms with van der Waals surface area (Å²) in [5.74, 6) is 0. The van der Waals surface area contributed by atoms with Crippen LogP contribution in [0.25, 0.3) is 0 Å². The van der Waals surface area contributed by atoms with Crippen molar-refractivity contribution < 1.29 is 9.47 Å². The van der Waals surface area contributed by atoms with Crippen LogP contribution in [0.4, 0.5) is 0 Å². The van der Waals surface area contributed by atoms with Crippen molar-refractivity contribution in [2.45, 2.75) is 38.0 Å². The molecule has 5 nitrogen and oxygen atoms in total. The summed E-state index contributed by atoms with van der Waals surface area (Å²) in [4.78, 5) is 0. The predicted octanol–water partition coefficient (Wildman–Crippen LogP) is 2.01. The number of likely N-dealkylation sites (N-methyl/N-ethyl adjacent to an activating group) is 1. The molecule has 0 radical (unpaired) electrons. The molecule has 1 aliphatic rings. The molecule has 2 heterocycles. The average Bonchev–Trinajstić information content (AvgIpc) is 2.82. The Kier molecular flexibility index (Phi) is 4.84. The van der Waals surface area contributed by atoms with Crippen LogP contribution in [-0.4, -0.2) is 42.8 Å². The second kappa shape index (κ2) is 6.22. The second-order valence-corrected chi connectivity index (χ2v) is 5.20. The van der Waals surface area contributed by atoms with Crippen molar-refractivity contribution >= 4 is 11.6 Å². The van der Waals surface area contributed by atoms with Crippen LogP contribution >= 0.6 is 11.6 Å². The van der Waals surface area contributed by atoms with E-state index in [0.29, 0.717) is 18.2 Å². The summed E-state index contributed by atoms with van der Waals surface area (Å²) in [5, 5.41) is 8.36. The van der Waals surface area contributed by atoms with Gasteiger partial charge in [-0.25, -0.2) is 0 Å². The molecule has 1 aromatic heterocycles. The highest BCUT2D eigenvalue weighted by Crippen LogP contribution is 2.39. The molecule has 1 N–H and O–H groups in total. The summed E-state index contributed by atoms with van der Waals surface area (Å²) in [6.45, 7) is 4.27. The van der Waals surface area contributed by atoms with E-state index in [-0.39, 0.29) is 11.6 Å². The molecule has 1 unspecified atom stereocenters. The highest BCUT2D eigenvalue weighted by molar-refractivity contribution is 6.31. The lowest BCUT2D eigenvalue weighted by molar-refractivity contribution is -0.111. The Hall–Kier alpha value is -0.620. The zero-order valence-electron chi connectivity index (χ0n) is 11.8. The van der Waals surface area contributed by atoms with Gasteiger partial charge < -0.3 is 14.8 Å². The van der Waals surface area contributed by atoms with Crippen LogP contribution in [0.15, 0.2) is 6.20 Å². The maximum Gasteiger partial charge on any atom is 0.0932 e. The Morgan fingerprint density at radius 2 is 2.26 bits per heavy atom. The van der Waals surface area contributed by atoms with Gasteiger partial charge in [-0.3, -0.25) is 4.68 Å². The van der Waals surface area contributed by atoms with Crippen LogP contribution in [0.3, 0.4) is 0 Å². The molecule has 1 aliphatic heterocycles. The summed E-state index contributed by atoms with van der Waals surface area (Å²) in [5.41, 5.74) is 0.708. The van der Waals surface area contributed by atoms with Crippen molar-refractivity contribution in [1.29, 1.82) is 0 Å². The van der Waals surface area contributed by atoms with E-state index in [9.17, 15) is 0 Å². The van der Waals surface area contributed by atoms with Gasteiger partial charge in [0.05, 0.1) is 28.6 Å². The van der Waals surface area contributed by atoms with Crippen molar-refractivity contribution in [2.75, 3.05) is 27.4 Å². The normalized spacial score (nSPS) is 20.4. The maximum absolute atomic E-state index is 6.33. The largest absolute Gasteiger partial charge is 0.381 e. The lowest BCUT2D eigenvalue weighted by atomic mass is 9.84. The van der Waals surface area contributed by atoms with Gasteiger partial charge in [-0.15, -0.1) is 0 Å². The van der Waals surface area contributed by atoms with Gasteiger partial charge in [0.2, 0.25) is 0 Å². The molecule has 1 saturated heterocycles. The van der Waals surface area contributed by atoms with Crippen molar-refractivity contribution in [3.63, 3.8) is 0 Å². The number of hydrogen-bond acceptors (Lipinski definition) is 4. The first-order valence-electron chi connectivity index (χ1n) is 6.70. The molecule has 1 atom stereocenters. The van der Waals surface area contributed by atoms with Crippen LogP contribution in [-0.2, 0) is 16.0 Å². The van der Waals surface area contributed by atoms with E-state index < -0.39 is 0 Å². The summed E-state index contributed by atoms with van der Waals surface area (Å²) in [6.07, 6.45) is 3.40. The number of ether oxygens (including phenoxy) is 2. The van der Waals surface area contributed by atoms with Crippen molar-refractivity contribution in [1.82, 2.24) is 15.1 Å². The number of halogens is 1. The monoisotopic (exact) mass is 287 g/mol. The van der Waals surface area contributed by atoms with Gasteiger partial charge in [0, 0.05) is 39.7 Å². The van der Waals surface area contributed by atoms with E-state index in [1.807, 2.05) is 11.7 Å². The molecule has 108 valence electrons. The highest BCUT2D eigenvalue weighted by Gasteiger charge is 2.43. The molecule has 0 aromatic carbocycles. The molecule has 0 saturated carbocycles. The third kappa shape index (κ3) is 2.65. The van der Waals surface area contributed by atoms with Crippen molar-refractivity contribution in [3.05, 3.63) is 16.9 Å². The topological polar surface area (TPSA) is 48.3 Å². The zero-order valence-corrected chi connectivity index (χ0v) is 12.5. The van der Waals surface area contributed by atoms with Crippen LogP contribution in [0.2, 0.25) is 5.02 Å². The van der Waals surface area contributed by atoms with E-state index in [1.165, 1.54) is 0 Å². The maximum atomic E-state index is 6.33. The van der Waals surface area contributed by atoms with Gasteiger partial charge in [-0.2, -0.15) is 5.10 Å². The second-order valence-electron chi connectivity index (χ2n) is 4.80. The third-order valence-corrected chi connectivity index (χ3v) is 4.26. The number of rotatable bonds is 5. The molecule has 1 fully saturated rings. The lowest BCUT2D eigenvalue weighted by Gasteiger charge is -2.42. The minimum atomic E-state index is -0.288. The average molecular weight is 288 g/mol. The van der Waals surface area contributed by atoms with Crippen molar-refractivity contribution in [2.24, 2.45) is 0 Å². The Morgan fingerprint density at radius 3 is 2.79 bits per heavy atom. The standard InChI is InChI=1S/C13H22ClN3O2/c1-4-17-11(10(14)9-16-17)12(15-2)13(18-3)5-7-19-8-6-13/h9,12,15H,4-8H2,1-3H3. The van der Waals surface area contributed by atoms with Gasteiger partial charge in [0.25, 0.3) is 0 Å². The molecule has 0 aliphatic carbocycles. The quantitative estimate of drug-likeness (QED) is 0.900. The number of nitrogens with zero attached hydrogens (tertiary/aromatic N) is 2. The Labute approximate surface area is 119 Å². The fraction of sp³-hybridized carbons (Fsp3) is 0.769. The molecule has 0 amide bonds. The highest BCUT2D eigenvalue weighted by atomic mass is 35.5. The molecular formula is C13H22ClN3O2. The minimum absolute atomic E-state index is 0.0105. The van der Waals surface area contributed by atoms with Gasteiger partial charge in [-0.1, -0.05) is 11.6 Å². The summed E-state index contributed by atoms with van der Waals surface area (Å²) in [7, 11) is 3.69. The number of aromatic nitrogens is 2. The SMILES string of the molecule is CCn1ncc(Cl)c1C(NC)C1(OC)CCOCC1. The Morgan fingerprint density at radius 1 is 1.58 bits per heavy atom. The molecule has 19 heavy (non-hydrogen) atoms. The summed E-state index contributed by atoms with van der Waals surface area (Å²) >= 11 is 6.33. The van der Waals surface area contributed by atoms with E-state index >= 15 is 0 Å². The fourth-order valence-corrected chi connectivity index (χ4v) is 3.14. The predicted molar refractivity (Wildman–Crippen MR) is 74.5 cm³/mol. The summed E-state index contributed by atoms with van der Waals surface area (Å²) < 4.78 is 13.3. The van der Waals surface area contributed by atoms with Gasteiger partial charge >= 0.3 is 0 Å². The van der Waals surface area contributed by atoms with E-state index in [0.717, 1.165) is 25.1 Å². The molecule has 6 heteroatoms. The van der Waals surface area contributed by atoms with E-state index in [1.54, 1.807) is 13.3 Å².